The van der Waals surface area contributed by atoms with Gasteiger partial charge in [0.05, 0.1) is 10.3 Å². The number of carbonyl (C=O) groups is 1. The van der Waals surface area contributed by atoms with Crippen molar-refractivity contribution in [3.05, 3.63) is 57.0 Å². The third-order valence-electron chi connectivity index (χ3n) is 2.23. The van der Waals surface area contributed by atoms with Gasteiger partial charge in [0.1, 0.15) is 0 Å². The Balaban J connectivity index is 2.19. The number of hydrogen-bond donors (Lipinski definition) is 0. The third-order valence-corrected chi connectivity index (χ3v) is 2.90. The van der Waals surface area contributed by atoms with Gasteiger partial charge < -0.3 is 0 Å². The summed E-state index contributed by atoms with van der Waals surface area (Å²) in [6.07, 6.45) is 1.79. The Labute approximate surface area is 101 Å². The highest BCUT2D eigenvalue weighted by Crippen LogP contribution is 2.13. The lowest BCUT2D eigenvalue weighted by Gasteiger charge is -1.96. The van der Waals surface area contributed by atoms with Crippen molar-refractivity contribution in [2.24, 2.45) is 0 Å². The number of benzene rings is 1. The topological polar surface area (TPSA) is 64.1 Å². The lowest BCUT2D eigenvalue weighted by Crippen LogP contribution is -2.34. The van der Waals surface area contributed by atoms with E-state index >= 15 is 0 Å². The zero-order chi connectivity index (χ0) is 12.3. The van der Waals surface area contributed by atoms with Gasteiger partial charge >= 0.3 is 0 Å². The van der Waals surface area contributed by atoms with Crippen LogP contribution in [0.25, 0.3) is 0 Å². The molecule has 86 valence electrons. The molecule has 0 N–H and O–H groups in total. The van der Waals surface area contributed by atoms with E-state index in [2.05, 4.69) is 0 Å². The molecule has 0 fully saturated rings. The van der Waals surface area contributed by atoms with Gasteiger partial charge in [-0.2, -0.15) is 4.57 Å². The van der Waals surface area contributed by atoms with Crippen molar-refractivity contribution in [2.45, 2.75) is 6.54 Å². The summed E-state index contributed by atoms with van der Waals surface area (Å²) in [7, 11) is 0. The summed E-state index contributed by atoms with van der Waals surface area (Å²) < 4.78 is 1.74. The summed E-state index contributed by atoms with van der Waals surface area (Å²) in [6.45, 7) is 0.199. The smallest absolute Gasteiger partial charge is 0.270 e. The molecule has 17 heavy (non-hydrogen) atoms. The molecular formula is C11H9N2O3S+. The normalized spacial score (nSPS) is 10.1. The second-order valence-corrected chi connectivity index (χ2v) is 4.18. The maximum absolute atomic E-state index is 11.8. The number of nitro groups is 1. The fraction of sp³-hybridized carbons (Fsp3) is 0.0909. The molecule has 0 atom stereocenters. The van der Waals surface area contributed by atoms with Crippen LogP contribution in [0.1, 0.15) is 10.4 Å². The van der Waals surface area contributed by atoms with Gasteiger partial charge in [0.25, 0.3) is 5.69 Å². The average Bonchev–Trinajstić information content (AvgIpc) is 2.82. The quantitative estimate of drug-likeness (QED) is 0.359. The molecular weight excluding hydrogens is 240 g/mol. The highest BCUT2D eigenvalue weighted by atomic mass is 32.1. The number of ketones is 1. The molecule has 0 aliphatic heterocycles. The number of nitro benzene ring substituents is 1. The van der Waals surface area contributed by atoms with E-state index in [-0.39, 0.29) is 18.0 Å². The number of carbonyl (C=O) groups excluding carboxylic acids is 1. The first kappa shape index (κ1) is 11.4. The van der Waals surface area contributed by atoms with Crippen molar-refractivity contribution >= 4 is 22.8 Å². The molecule has 0 spiro atoms. The van der Waals surface area contributed by atoms with E-state index in [0.29, 0.717) is 5.56 Å². The summed E-state index contributed by atoms with van der Waals surface area (Å²) in [5, 5.41) is 12.4. The van der Waals surface area contributed by atoms with E-state index in [9.17, 15) is 14.9 Å². The van der Waals surface area contributed by atoms with Gasteiger partial charge in [0, 0.05) is 17.7 Å². The number of thiazole rings is 1. The number of nitrogens with zero attached hydrogens (tertiary/aromatic N) is 2. The summed E-state index contributed by atoms with van der Waals surface area (Å²) in [4.78, 5) is 21.9. The minimum Gasteiger partial charge on any atom is -0.287 e. The van der Waals surface area contributed by atoms with E-state index in [1.54, 1.807) is 16.8 Å². The number of hydrogen-bond acceptors (Lipinski definition) is 4. The van der Waals surface area contributed by atoms with Gasteiger partial charge in [-0.1, -0.05) is 23.5 Å². The summed E-state index contributed by atoms with van der Waals surface area (Å²) in [5.41, 5.74) is 2.11. The molecule has 6 heteroatoms. The zero-order valence-electron chi connectivity index (χ0n) is 8.78. The number of rotatable bonds is 4. The lowest BCUT2D eigenvalue weighted by atomic mass is 10.1. The molecule has 2 aromatic rings. The molecule has 0 saturated carbocycles. The van der Waals surface area contributed by atoms with Crippen molar-refractivity contribution in [3.63, 3.8) is 0 Å². The molecule has 0 aliphatic carbocycles. The standard InChI is InChI=1S/C11H9N2O3S/c14-11(7-12-4-5-17-8-12)9-2-1-3-10(6-9)13(15)16/h1-6,8H,7H2/q+1. The highest BCUT2D eigenvalue weighted by Gasteiger charge is 2.15. The summed E-state index contributed by atoms with van der Waals surface area (Å²) >= 11 is 1.49. The van der Waals surface area contributed by atoms with Crippen LogP contribution in [0, 0.1) is 10.1 Å². The van der Waals surface area contributed by atoms with Crippen LogP contribution in [-0.2, 0) is 6.54 Å². The monoisotopic (exact) mass is 249 g/mol. The van der Waals surface area contributed by atoms with Gasteiger partial charge in [0.2, 0.25) is 17.8 Å². The van der Waals surface area contributed by atoms with Crippen LogP contribution in [0.2, 0.25) is 0 Å². The van der Waals surface area contributed by atoms with Crippen molar-refractivity contribution in [3.8, 4) is 0 Å². The highest BCUT2D eigenvalue weighted by molar-refractivity contribution is 7.07. The van der Waals surface area contributed by atoms with Crippen molar-refractivity contribution in [1.82, 2.24) is 0 Å². The molecule has 0 bridgehead atoms. The van der Waals surface area contributed by atoms with E-state index in [4.69, 9.17) is 0 Å². The van der Waals surface area contributed by atoms with Crippen LogP contribution in [0.3, 0.4) is 0 Å². The maximum Gasteiger partial charge on any atom is 0.270 e. The van der Waals surface area contributed by atoms with Gasteiger partial charge in [-0.05, 0) is 0 Å². The number of Topliss-reactive ketones (excluding diaryl/α,β-unsaturated/α-hetero) is 1. The Morgan fingerprint density at radius 2 is 2.29 bits per heavy atom. The van der Waals surface area contributed by atoms with Crippen LogP contribution >= 0.6 is 11.3 Å². The summed E-state index contributed by atoms with van der Waals surface area (Å²) in [6, 6.07) is 5.77. The predicted octanol–water partition coefficient (Wildman–Crippen LogP) is 1.83. The first-order valence-corrected chi connectivity index (χ1v) is 5.80. The van der Waals surface area contributed by atoms with Gasteiger partial charge in [-0.15, -0.1) is 0 Å². The maximum atomic E-state index is 11.8. The minimum atomic E-state index is -0.505. The zero-order valence-corrected chi connectivity index (χ0v) is 9.59. The molecule has 2 rings (SSSR count). The first-order chi connectivity index (χ1) is 8.16. The Hall–Kier alpha value is -2.08. The second-order valence-electron chi connectivity index (χ2n) is 3.43. The van der Waals surface area contributed by atoms with Crippen molar-refractivity contribution in [1.29, 1.82) is 0 Å². The van der Waals surface area contributed by atoms with E-state index in [1.807, 2.05) is 10.9 Å². The van der Waals surface area contributed by atoms with Crippen LogP contribution < -0.4 is 4.57 Å². The molecule has 0 aliphatic rings. The first-order valence-electron chi connectivity index (χ1n) is 4.86. The van der Waals surface area contributed by atoms with Gasteiger partial charge in [-0.25, -0.2) is 0 Å². The van der Waals surface area contributed by atoms with Gasteiger partial charge in [-0.3, -0.25) is 14.9 Å². The molecule has 1 aromatic carbocycles. The number of aromatic nitrogens is 1. The van der Waals surface area contributed by atoms with E-state index < -0.39 is 4.92 Å². The Morgan fingerprint density at radius 1 is 1.47 bits per heavy atom. The van der Waals surface area contributed by atoms with Crippen molar-refractivity contribution < 1.29 is 14.3 Å². The third kappa shape index (κ3) is 2.73. The van der Waals surface area contributed by atoms with Crippen LogP contribution in [0.5, 0.6) is 0 Å². The van der Waals surface area contributed by atoms with E-state index in [1.165, 1.54) is 29.5 Å². The SMILES string of the molecule is O=C(C[n+]1ccsc1)c1cccc([N+](=O)[O-])c1. The molecule has 0 saturated heterocycles. The number of non-ortho nitro benzene ring substituents is 1. The van der Waals surface area contributed by atoms with Crippen LogP contribution in [0.4, 0.5) is 5.69 Å². The van der Waals surface area contributed by atoms with Crippen LogP contribution in [0.15, 0.2) is 41.4 Å². The predicted molar refractivity (Wildman–Crippen MR) is 61.9 cm³/mol. The molecule has 0 unspecified atom stereocenters. The average molecular weight is 249 g/mol. The fourth-order valence-electron chi connectivity index (χ4n) is 1.40. The molecule has 1 aromatic heterocycles. The minimum absolute atomic E-state index is 0.0637. The second kappa shape index (κ2) is 4.84. The van der Waals surface area contributed by atoms with Crippen LogP contribution in [-0.4, -0.2) is 10.7 Å². The Bertz CT molecular complexity index is 552. The van der Waals surface area contributed by atoms with Gasteiger partial charge in [0.15, 0.2) is 6.20 Å². The molecule has 0 radical (unpaired) electrons. The Kier molecular flexibility index (Phi) is 3.24. The Morgan fingerprint density at radius 3 is 2.94 bits per heavy atom. The molecule has 0 amide bonds. The largest absolute Gasteiger partial charge is 0.287 e. The van der Waals surface area contributed by atoms with E-state index in [0.717, 1.165) is 0 Å². The van der Waals surface area contributed by atoms with Crippen molar-refractivity contribution in [2.75, 3.05) is 0 Å². The molecule has 1 heterocycles. The fourth-order valence-corrected chi connectivity index (χ4v) is 2.00. The summed E-state index contributed by atoms with van der Waals surface area (Å²) in [5.74, 6) is -0.142. The lowest BCUT2D eigenvalue weighted by molar-refractivity contribution is -0.678. The molecule has 5 nitrogen and oxygen atoms in total.